The van der Waals surface area contributed by atoms with Crippen molar-refractivity contribution in [2.45, 2.75) is 18.9 Å². The van der Waals surface area contributed by atoms with Crippen molar-refractivity contribution in [2.24, 2.45) is 0 Å². The average Bonchev–Trinajstić information content (AvgIpc) is 3.08. The van der Waals surface area contributed by atoms with E-state index in [0.717, 1.165) is 85.0 Å². The van der Waals surface area contributed by atoms with Crippen molar-refractivity contribution < 1.29 is 14.3 Å². The predicted molar refractivity (Wildman–Crippen MR) is 79.3 cm³/mol. The third-order valence-corrected chi connectivity index (χ3v) is 4.73. The van der Waals surface area contributed by atoms with Crippen molar-refractivity contribution in [3.05, 3.63) is 0 Å². The fraction of sp³-hybridized carbons (Fsp3) is 0.933. The third kappa shape index (κ3) is 4.16. The number of morpholine rings is 1. The van der Waals surface area contributed by atoms with Crippen LogP contribution in [-0.4, -0.2) is 98.9 Å². The summed E-state index contributed by atoms with van der Waals surface area (Å²) < 4.78 is 10.9. The molecule has 3 saturated heterocycles. The molecule has 0 N–H and O–H groups in total. The van der Waals surface area contributed by atoms with E-state index < -0.39 is 0 Å². The lowest BCUT2D eigenvalue weighted by Crippen LogP contribution is -2.52. The van der Waals surface area contributed by atoms with E-state index in [4.69, 9.17) is 9.47 Å². The van der Waals surface area contributed by atoms with Crippen LogP contribution >= 0.6 is 0 Å². The van der Waals surface area contributed by atoms with Gasteiger partial charge in [-0.05, 0) is 12.8 Å². The Bertz CT molecular complexity index is 333. The minimum atomic E-state index is -0.162. The minimum absolute atomic E-state index is 0.162. The fourth-order valence-corrected chi connectivity index (χ4v) is 3.28. The normalized spacial score (nSPS) is 29.0. The van der Waals surface area contributed by atoms with Gasteiger partial charge in [0, 0.05) is 59.0 Å². The van der Waals surface area contributed by atoms with Gasteiger partial charge in [0.15, 0.2) is 0 Å². The van der Waals surface area contributed by atoms with Crippen LogP contribution in [0.25, 0.3) is 0 Å². The quantitative estimate of drug-likeness (QED) is 0.709. The highest BCUT2D eigenvalue weighted by Gasteiger charge is 2.30. The lowest BCUT2D eigenvalue weighted by Gasteiger charge is -2.37. The van der Waals surface area contributed by atoms with Crippen molar-refractivity contribution >= 4 is 5.91 Å². The van der Waals surface area contributed by atoms with Gasteiger partial charge in [-0.3, -0.25) is 14.6 Å². The minimum Gasteiger partial charge on any atom is -0.379 e. The molecule has 1 amide bonds. The number of amides is 1. The number of rotatable bonds is 4. The Balaban J connectivity index is 1.35. The molecule has 3 aliphatic heterocycles. The van der Waals surface area contributed by atoms with E-state index >= 15 is 0 Å². The highest BCUT2D eigenvalue weighted by atomic mass is 16.5. The van der Waals surface area contributed by atoms with Gasteiger partial charge in [-0.15, -0.1) is 0 Å². The summed E-state index contributed by atoms with van der Waals surface area (Å²) in [6, 6.07) is 0. The number of piperazine rings is 1. The monoisotopic (exact) mass is 297 g/mol. The third-order valence-electron chi connectivity index (χ3n) is 4.73. The van der Waals surface area contributed by atoms with Gasteiger partial charge in [-0.1, -0.05) is 0 Å². The molecule has 0 radical (unpaired) electrons. The maximum Gasteiger partial charge on any atom is 0.251 e. The Morgan fingerprint density at radius 2 is 1.57 bits per heavy atom. The average molecular weight is 297 g/mol. The molecule has 6 heteroatoms. The zero-order valence-corrected chi connectivity index (χ0v) is 12.8. The van der Waals surface area contributed by atoms with Crippen molar-refractivity contribution in [1.82, 2.24) is 14.7 Å². The van der Waals surface area contributed by atoms with Gasteiger partial charge >= 0.3 is 0 Å². The molecule has 0 aromatic heterocycles. The maximum atomic E-state index is 12.3. The van der Waals surface area contributed by atoms with Crippen molar-refractivity contribution in [3.8, 4) is 0 Å². The highest BCUT2D eigenvalue weighted by Crippen LogP contribution is 2.16. The summed E-state index contributed by atoms with van der Waals surface area (Å²) in [5, 5.41) is 0. The molecule has 1 unspecified atom stereocenters. The lowest BCUT2D eigenvalue weighted by atomic mass is 10.2. The molecule has 0 saturated carbocycles. The van der Waals surface area contributed by atoms with Crippen LogP contribution in [0.2, 0.25) is 0 Å². The van der Waals surface area contributed by atoms with Crippen LogP contribution in [0.4, 0.5) is 0 Å². The lowest BCUT2D eigenvalue weighted by molar-refractivity contribution is -0.142. The molecule has 1 atom stereocenters. The van der Waals surface area contributed by atoms with Gasteiger partial charge in [-0.2, -0.15) is 0 Å². The molecule has 120 valence electrons. The first kappa shape index (κ1) is 15.2. The highest BCUT2D eigenvalue weighted by molar-refractivity contribution is 5.81. The first-order valence-electron chi connectivity index (χ1n) is 8.26. The number of nitrogens with zero attached hydrogens (tertiary/aromatic N) is 3. The van der Waals surface area contributed by atoms with E-state index in [1.54, 1.807) is 0 Å². The largest absolute Gasteiger partial charge is 0.379 e. The summed E-state index contributed by atoms with van der Waals surface area (Å²) in [5.74, 6) is 0.209. The van der Waals surface area contributed by atoms with E-state index in [2.05, 4.69) is 9.80 Å². The molecule has 0 aliphatic carbocycles. The number of carbonyl (C=O) groups is 1. The predicted octanol–water partition coefficient (Wildman–Crippen LogP) is -0.358. The number of carbonyl (C=O) groups excluding carboxylic acids is 1. The van der Waals surface area contributed by atoms with Gasteiger partial charge in [-0.25, -0.2) is 0 Å². The van der Waals surface area contributed by atoms with Gasteiger partial charge in [0.05, 0.1) is 13.2 Å². The topological polar surface area (TPSA) is 45.2 Å². The zero-order chi connectivity index (χ0) is 14.5. The second kappa shape index (κ2) is 7.54. The summed E-state index contributed by atoms with van der Waals surface area (Å²) in [6.07, 6.45) is 1.76. The molecule has 0 bridgehead atoms. The Hall–Kier alpha value is -0.690. The fourth-order valence-electron chi connectivity index (χ4n) is 3.28. The van der Waals surface area contributed by atoms with E-state index in [0.29, 0.717) is 0 Å². The Labute approximate surface area is 126 Å². The van der Waals surface area contributed by atoms with Crippen LogP contribution in [0, 0.1) is 0 Å². The summed E-state index contributed by atoms with van der Waals surface area (Å²) in [5.41, 5.74) is 0. The molecule has 3 heterocycles. The van der Waals surface area contributed by atoms with Crippen molar-refractivity contribution in [1.29, 1.82) is 0 Å². The first-order valence-corrected chi connectivity index (χ1v) is 8.26. The van der Waals surface area contributed by atoms with Crippen molar-refractivity contribution in [3.63, 3.8) is 0 Å². The smallest absolute Gasteiger partial charge is 0.251 e. The van der Waals surface area contributed by atoms with Crippen LogP contribution in [0.5, 0.6) is 0 Å². The second-order valence-corrected chi connectivity index (χ2v) is 6.12. The van der Waals surface area contributed by atoms with Crippen LogP contribution < -0.4 is 0 Å². The van der Waals surface area contributed by atoms with E-state index in [9.17, 15) is 4.79 Å². The van der Waals surface area contributed by atoms with Crippen LogP contribution in [0.3, 0.4) is 0 Å². The standard InChI is InChI=1S/C15H27N3O3/c19-15(14-2-1-11-21-14)18-7-5-16(6-8-18)3-4-17-9-12-20-13-10-17/h14H,1-13H2. The maximum absolute atomic E-state index is 12.3. The van der Waals surface area contributed by atoms with Crippen LogP contribution in [0.1, 0.15) is 12.8 Å². The molecule has 6 nitrogen and oxygen atoms in total. The molecule has 3 rings (SSSR count). The molecule has 21 heavy (non-hydrogen) atoms. The molecule has 0 spiro atoms. The molecular formula is C15H27N3O3. The molecule has 0 aromatic carbocycles. The van der Waals surface area contributed by atoms with E-state index in [1.807, 2.05) is 4.90 Å². The van der Waals surface area contributed by atoms with Gasteiger partial charge in [0.25, 0.3) is 5.91 Å². The number of hydrogen-bond acceptors (Lipinski definition) is 5. The van der Waals surface area contributed by atoms with Crippen LogP contribution in [-0.2, 0) is 14.3 Å². The van der Waals surface area contributed by atoms with E-state index in [1.165, 1.54) is 0 Å². The van der Waals surface area contributed by atoms with Gasteiger partial charge in [0.1, 0.15) is 6.10 Å². The Morgan fingerprint density at radius 3 is 2.19 bits per heavy atom. The van der Waals surface area contributed by atoms with E-state index in [-0.39, 0.29) is 12.0 Å². The second-order valence-electron chi connectivity index (χ2n) is 6.12. The SMILES string of the molecule is O=C(C1CCCO1)N1CCN(CCN2CCOCC2)CC1. The van der Waals surface area contributed by atoms with Gasteiger partial charge in [0.2, 0.25) is 0 Å². The summed E-state index contributed by atoms with van der Waals surface area (Å²) in [6.45, 7) is 10.5. The number of ether oxygens (including phenoxy) is 2. The molecular weight excluding hydrogens is 270 g/mol. The Morgan fingerprint density at radius 1 is 0.905 bits per heavy atom. The number of hydrogen-bond donors (Lipinski definition) is 0. The molecule has 3 aliphatic rings. The summed E-state index contributed by atoms with van der Waals surface area (Å²) in [4.78, 5) is 19.2. The zero-order valence-electron chi connectivity index (χ0n) is 12.8. The van der Waals surface area contributed by atoms with Gasteiger partial charge < -0.3 is 14.4 Å². The molecule has 0 aromatic rings. The van der Waals surface area contributed by atoms with Crippen molar-refractivity contribution in [2.75, 3.05) is 72.2 Å². The summed E-state index contributed by atoms with van der Waals surface area (Å²) >= 11 is 0. The Kier molecular flexibility index (Phi) is 5.46. The summed E-state index contributed by atoms with van der Waals surface area (Å²) in [7, 11) is 0. The van der Waals surface area contributed by atoms with Crippen LogP contribution in [0.15, 0.2) is 0 Å². The first-order chi connectivity index (χ1) is 10.3. The molecule has 3 fully saturated rings.